The van der Waals surface area contributed by atoms with Crippen LogP contribution in [-0.4, -0.2) is 5.97 Å². The van der Waals surface area contributed by atoms with Crippen molar-refractivity contribution >= 4 is 5.97 Å². The number of hydrogen-bond acceptors (Lipinski definition) is 3. The maximum atomic E-state index is 12.1. The van der Waals surface area contributed by atoms with Crippen molar-refractivity contribution in [1.29, 1.82) is 0 Å². The van der Waals surface area contributed by atoms with Crippen LogP contribution in [0.1, 0.15) is 111 Å². The van der Waals surface area contributed by atoms with E-state index < -0.39 is 0 Å². The molecule has 0 aliphatic rings. The van der Waals surface area contributed by atoms with Gasteiger partial charge in [-0.1, -0.05) is 118 Å². The third-order valence-corrected chi connectivity index (χ3v) is 6.34. The fraction of sp³-hybridized carbons (Fsp3) is 0.472. The number of carbonyl (C=O) groups is 1. The molecule has 0 saturated heterocycles. The van der Waals surface area contributed by atoms with Crippen molar-refractivity contribution < 1.29 is 14.3 Å². The normalized spacial score (nSPS) is 10.8. The minimum atomic E-state index is -0.296. The minimum Gasteiger partial charge on any atom is -0.457 e. The second kappa shape index (κ2) is 20.8. The van der Waals surface area contributed by atoms with E-state index in [9.17, 15) is 4.79 Å². The molecule has 0 radical (unpaired) electrons. The van der Waals surface area contributed by atoms with E-state index in [4.69, 9.17) is 9.47 Å². The van der Waals surface area contributed by atoms with E-state index in [1.165, 1.54) is 75.3 Å². The van der Waals surface area contributed by atoms with Gasteiger partial charge in [0.25, 0.3) is 0 Å². The van der Waals surface area contributed by atoms with Crippen molar-refractivity contribution in [3.8, 4) is 11.5 Å². The lowest BCUT2D eigenvalue weighted by Gasteiger charge is -2.08. The predicted octanol–water partition coefficient (Wildman–Crippen LogP) is 11.4. The number of carbonyl (C=O) groups excluding carboxylic acids is 1. The molecule has 0 aliphatic heterocycles. The molecule has 0 unspecified atom stereocenters. The summed E-state index contributed by atoms with van der Waals surface area (Å²) in [4.78, 5) is 12.1. The zero-order valence-electron chi connectivity index (χ0n) is 25.5. The molecule has 0 aromatic heterocycles. The average Bonchev–Trinajstić information content (AvgIpc) is 2.90. The molecule has 0 fully saturated rings. The Morgan fingerprint density at radius 2 is 1.26 bits per heavy atom. The van der Waals surface area contributed by atoms with Crippen LogP contribution in [-0.2, 0) is 9.53 Å². The lowest BCUT2D eigenvalue weighted by molar-refractivity contribution is -0.134. The Morgan fingerprint density at radius 1 is 0.744 bits per heavy atom. The molecule has 0 amide bonds. The van der Waals surface area contributed by atoms with Gasteiger partial charge in [-0.2, -0.15) is 0 Å². The third kappa shape index (κ3) is 17.2. The van der Waals surface area contributed by atoms with Gasteiger partial charge in [-0.25, -0.2) is 4.79 Å². The number of ether oxygens (including phenoxy) is 2. The summed E-state index contributed by atoms with van der Waals surface area (Å²) < 4.78 is 10.8. The highest BCUT2D eigenvalue weighted by molar-refractivity contribution is 5.93. The van der Waals surface area contributed by atoms with Crippen LogP contribution in [0, 0.1) is 6.92 Å². The van der Waals surface area contributed by atoms with E-state index in [1.807, 2.05) is 74.5 Å². The van der Waals surface area contributed by atoms with Crippen LogP contribution in [0.3, 0.4) is 0 Å². The molecule has 2 aromatic carbocycles. The van der Waals surface area contributed by atoms with Crippen molar-refractivity contribution in [2.45, 2.75) is 112 Å². The number of allylic oxidation sites excluding steroid dienone is 3. The van der Waals surface area contributed by atoms with Crippen LogP contribution in [0.2, 0.25) is 0 Å². The van der Waals surface area contributed by atoms with Crippen LogP contribution in [0.5, 0.6) is 11.5 Å². The second-order valence-electron chi connectivity index (χ2n) is 10.7. The van der Waals surface area contributed by atoms with Gasteiger partial charge < -0.3 is 9.47 Å². The lowest BCUT2D eigenvalue weighted by Crippen LogP contribution is -2.06. The SMILES string of the molecule is C=C(C)OC(=O)C(/C=C(\C)CCCCCCCCCCCC)=C(C)C.Cc1ccc(Oc2ccccc2)cc1. The van der Waals surface area contributed by atoms with Gasteiger partial charge in [0.15, 0.2) is 0 Å². The summed E-state index contributed by atoms with van der Waals surface area (Å²) in [5.41, 5.74) is 4.13. The standard InChI is InChI=1S/C23H40O2.C13H12O/c1-7-8-9-10-11-12-13-14-15-16-17-21(6)18-22(19(2)3)23(24)25-20(4)5;1-11-7-9-13(10-8-11)14-12-5-3-2-4-6-12/h18H,4,7-17H2,1-3,5-6H3;2-10H,1H3/b21-18+;. The summed E-state index contributed by atoms with van der Waals surface area (Å²) in [5.74, 6) is 1.89. The van der Waals surface area contributed by atoms with E-state index in [0.717, 1.165) is 23.5 Å². The Bertz CT molecular complexity index is 1010. The zero-order chi connectivity index (χ0) is 28.9. The smallest absolute Gasteiger partial charge is 0.343 e. The lowest BCUT2D eigenvalue weighted by atomic mass is 10.0. The highest BCUT2D eigenvalue weighted by Crippen LogP contribution is 2.21. The van der Waals surface area contributed by atoms with Crippen molar-refractivity contribution in [2.24, 2.45) is 0 Å². The van der Waals surface area contributed by atoms with Crippen LogP contribution in [0.25, 0.3) is 0 Å². The molecule has 0 aliphatic carbocycles. The van der Waals surface area contributed by atoms with E-state index in [-0.39, 0.29) is 5.97 Å². The topological polar surface area (TPSA) is 35.5 Å². The van der Waals surface area contributed by atoms with Crippen molar-refractivity contribution in [3.63, 3.8) is 0 Å². The number of para-hydroxylation sites is 1. The predicted molar refractivity (Wildman–Crippen MR) is 167 cm³/mol. The Labute approximate surface area is 239 Å². The fourth-order valence-corrected chi connectivity index (χ4v) is 4.06. The van der Waals surface area contributed by atoms with Gasteiger partial charge in [-0.15, -0.1) is 0 Å². The third-order valence-electron chi connectivity index (χ3n) is 6.34. The molecule has 214 valence electrons. The van der Waals surface area contributed by atoms with Gasteiger partial charge in [0.1, 0.15) is 11.5 Å². The van der Waals surface area contributed by atoms with Crippen molar-refractivity contribution in [1.82, 2.24) is 0 Å². The first kappa shape index (κ1) is 34.0. The Morgan fingerprint density at radius 3 is 1.77 bits per heavy atom. The van der Waals surface area contributed by atoms with Crippen LogP contribution in [0.15, 0.2) is 89.7 Å². The van der Waals surface area contributed by atoms with E-state index in [2.05, 4.69) is 27.4 Å². The molecular weight excluding hydrogens is 480 g/mol. The highest BCUT2D eigenvalue weighted by Gasteiger charge is 2.11. The average molecular weight is 533 g/mol. The van der Waals surface area contributed by atoms with Gasteiger partial charge >= 0.3 is 5.97 Å². The first-order chi connectivity index (χ1) is 18.7. The number of hydrogen-bond donors (Lipinski definition) is 0. The molecule has 0 saturated carbocycles. The quantitative estimate of drug-likeness (QED) is 0.0709. The summed E-state index contributed by atoms with van der Waals surface area (Å²) in [7, 11) is 0. The molecule has 0 heterocycles. The number of esters is 1. The van der Waals surface area contributed by atoms with Crippen molar-refractivity contribution in [2.75, 3.05) is 0 Å². The molecule has 2 rings (SSSR count). The summed E-state index contributed by atoms with van der Waals surface area (Å²) in [6, 6.07) is 17.8. The Kier molecular flexibility index (Phi) is 18.1. The summed E-state index contributed by atoms with van der Waals surface area (Å²) >= 11 is 0. The van der Waals surface area contributed by atoms with Gasteiger partial charge in [0.2, 0.25) is 0 Å². The molecular formula is C36H52O3. The number of benzene rings is 2. The van der Waals surface area contributed by atoms with Gasteiger partial charge in [-0.3, -0.25) is 0 Å². The molecule has 0 atom stereocenters. The molecule has 39 heavy (non-hydrogen) atoms. The molecule has 0 N–H and O–H groups in total. The summed E-state index contributed by atoms with van der Waals surface area (Å²) in [6.45, 7) is 15.6. The Hall–Kier alpha value is -3.07. The minimum absolute atomic E-state index is 0.296. The number of aryl methyl sites for hydroxylation is 1. The molecule has 3 heteroatoms. The zero-order valence-corrected chi connectivity index (χ0v) is 25.5. The van der Waals surface area contributed by atoms with Crippen LogP contribution in [0.4, 0.5) is 0 Å². The molecule has 3 nitrogen and oxygen atoms in total. The number of rotatable bonds is 16. The van der Waals surface area contributed by atoms with Gasteiger partial charge in [0.05, 0.1) is 11.3 Å². The summed E-state index contributed by atoms with van der Waals surface area (Å²) in [5, 5.41) is 0. The van der Waals surface area contributed by atoms with Gasteiger partial charge in [0, 0.05) is 0 Å². The van der Waals surface area contributed by atoms with Crippen LogP contribution >= 0.6 is 0 Å². The van der Waals surface area contributed by atoms with Gasteiger partial charge in [-0.05, 0) is 77.8 Å². The van der Waals surface area contributed by atoms with E-state index in [0.29, 0.717) is 11.3 Å². The van der Waals surface area contributed by atoms with Crippen molar-refractivity contribution in [3.05, 3.63) is 95.3 Å². The fourth-order valence-electron chi connectivity index (χ4n) is 4.06. The highest BCUT2D eigenvalue weighted by atomic mass is 16.5. The van der Waals surface area contributed by atoms with E-state index in [1.54, 1.807) is 6.92 Å². The maximum Gasteiger partial charge on any atom is 0.343 e. The molecule has 0 spiro atoms. The maximum absolute atomic E-state index is 12.1. The Balaban J connectivity index is 0.000000451. The van der Waals surface area contributed by atoms with Crippen LogP contribution < -0.4 is 4.74 Å². The first-order valence-corrected chi connectivity index (χ1v) is 14.7. The van der Waals surface area contributed by atoms with E-state index >= 15 is 0 Å². The largest absolute Gasteiger partial charge is 0.457 e. The second-order valence-corrected chi connectivity index (χ2v) is 10.7. The number of unbranched alkanes of at least 4 members (excludes halogenated alkanes) is 9. The summed E-state index contributed by atoms with van der Waals surface area (Å²) in [6.07, 6.45) is 16.5. The molecule has 2 aromatic rings. The molecule has 0 bridgehead atoms. The monoisotopic (exact) mass is 532 g/mol. The first-order valence-electron chi connectivity index (χ1n) is 14.7.